The van der Waals surface area contributed by atoms with Crippen LogP contribution in [-0.2, 0) is 9.47 Å². The van der Waals surface area contributed by atoms with Gasteiger partial charge in [0.1, 0.15) is 35.3 Å². The van der Waals surface area contributed by atoms with Crippen molar-refractivity contribution in [2.24, 2.45) is 0 Å². The number of aliphatic hydroxyl groups excluding tert-OH is 3. The molecule has 3 N–H and O–H groups in total. The van der Waals surface area contributed by atoms with E-state index in [0.717, 1.165) is 24.3 Å². The number of hydrogen-bond donors (Lipinski definition) is 3. The van der Waals surface area contributed by atoms with E-state index in [1.54, 1.807) is 0 Å². The van der Waals surface area contributed by atoms with Crippen molar-refractivity contribution in [3.8, 4) is 11.5 Å². The molecule has 0 aromatic heterocycles. The lowest BCUT2D eigenvalue weighted by Gasteiger charge is -2.41. The standard InChI is InChI=1S/C19H18F2O7S/c20-10-1-5-12(6-2-10)25-18-16(24)17(15(23)14(9-22)27-18)28-19(29)26-13-7-3-11(21)4-8-13/h1-8,14-18,22-24H,9H2/t14-,15-,16+,17+,18-/m1/s1. The second-order valence-electron chi connectivity index (χ2n) is 6.17. The molecular formula is C19H18F2O7S. The molecule has 10 heteroatoms. The topological polar surface area (TPSA) is 97.6 Å². The van der Waals surface area contributed by atoms with E-state index >= 15 is 0 Å². The molecule has 3 rings (SSSR count). The summed E-state index contributed by atoms with van der Waals surface area (Å²) in [7, 11) is 0. The first-order valence-corrected chi connectivity index (χ1v) is 8.97. The molecular weight excluding hydrogens is 410 g/mol. The van der Waals surface area contributed by atoms with Crippen LogP contribution in [-0.4, -0.2) is 57.9 Å². The molecule has 29 heavy (non-hydrogen) atoms. The number of benzene rings is 2. The van der Waals surface area contributed by atoms with E-state index in [1.165, 1.54) is 24.3 Å². The molecule has 156 valence electrons. The summed E-state index contributed by atoms with van der Waals surface area (Å²) < 4.78 is 47.5. The molecule has 1 aliphatic rings. The summed E-state index contributed by atoms with van der Waals surface area (Å²) in [6.07, 6.45) is -6.85. The Hall–Kier alpha value is -2.37. The van der Waals surface area contributed by atoms with Gasteiger partial charge in [0.2, 0.25) is 6.29 Å². The van der Waals surface area contributed by atoms with Crippen LogP contribution >= 0.6 is 12.2 Å². The van der Waals surface area contributed by atoms with Crippen LogP contribution in [0.1, 0.15) is 0 Å². The molecule has 0 spiro atoms. The lowest BCUT2D eigenvalue weighted by Crippen LogP contribution is -2.61. The molecule has 2 aromatic rings. The second kappa shape index (κ2) is 9.42. The minimum absolute atomic E-state index is 0.185. The molecule has 7 nitrogen and oxygen atoms in total. The zero-order valence-electron chi connectivity index (χ0n) is 14.9. The van der Waals surface area contributed by atoms with Gasteiger partial charge in [-0.25, -0.2) is 8.78 Å². The van der Waals surface area contributed by atoms with Crippen molar-refractivity contribution < 1.29 is 43.0 Å². The van der Waals surface area contributed by atoms with Crippen LogP contribution in [0.2, 0.25) is 0 Å². The Kier molecular flexibility index (Phi) is 6.93. The highest BCUT2D eigenvalue weighted by molar-refractivity contribution is 7.79. The average Bonchev–Trinajstić information content (AvgIpc) is 2.70. The monoisotopic (exact) mass is 428 g/mol. The van der Waals surface area contributed by atoms with Crippen molar-refractivity contribution in [1.82, 2.24) is 0 Å². The summed E-state index contributed by atoms with van der Waals surface area (Å²) >= 11 is 4.97. The highest BCUT2D eigenvalue weighted by Crippen LogP contribution is 2.27. The van der Waals surface area contributed by atoms with Gasteiger partial charge < -0.3 is 34.3 Å². The quantitative estimate of drug-likeness (QED) is 0.617. The fourth-order valence-corrected chi connectivity index (χ4v) is 2.88. The van der Waals surface area contributed by atoms with Crippen LogP contribution in [0.4, 0.5) is 8.78 Å². The summed E-state index contributed by atoms with van der Waals surface area (Å²) in [6.45, 7) is -0.595. The Morgan fingerprint density at radius 2 is 1.48 bits per heavy atom. The van der Waals surface area contributed by atoms with E-state index < -0.39 is 54.2 Å². The predicted octanol–water partition coefficient (Wildman–Crippen LogP) is 1.53. The largest absolute Gasteiger partial charge is 0.462 e. The molecule has 0 radical (unpaired) electrons. The third-order valence-corrected chi connectivity index (χ3v) is 4.31. The van der Waals surface area contributed by atoms with E-state index in [1.807, 2.05) is 0 Å². The lowest BCUT2D eigenvalue weighted by molar-refractivity contribution is -0.275. The normalized spacial score (nSPS) is 26.6. The summed E-state index contributed by atoms with van der Waals surface area (Å²) in [5.41, 5.74) is 0. The first-order valence-electron chi connectivity index (χ1n) is 8.56. The van der Waals surface area contributed by atoms with Crippen LogP contribution in [0.15, 0.2) is 48.5 Å². The van der Waals surface area contributed by atoms with Gasteiger partial charge in [-0.15, -0.1) is 0 Å². The molecule has 1 heterocycles. The Balaban J connectivity index is 1.70. The van der Waals surface area contributed by atoms with Crippen molar-refractivity contribution in [1.29, 1.82) is 0 Å². The van der Waals surface area contributed by atoms with Crippen molar-refractivity contribution in [3.05, 3.63) is 60.2 Å². The minimum Gasteiger partial charge on any atom is -0.462 e. The Morgan fingerprint density at radius 1 is 0.931 bits per heavy atom. The predicted molar refractivity (Wildman–Crippen MR) is 99.3 cm³/mol. The van der Waals surface area contributed by atoms with Gasteiger partial charge in [0.25, 0.3) is 0 Å². The van der Waals surface area contributed by atoms with E-state index in [0.29, 0.717) is 0 Å². The van der Waals surface area contributed by atoms with Crippen molar-refractivity contribution in [2.75, 3.05) is 6.61 Å². The Morgan fingerprint density at radius 3 is 2.03 bits per heavy atom. The highest BCUT2D eigenvalue weighted by Gasteiger charge is 2.47. The molecule has 1 aliphatic heterocycles. The van der Waals surface area contributed by atoms with Gasteiger partial charge in [0.05, 0.1) is 6.61 Å². The van der Waals surface area contributed by atoms with Gasteiger partial charge in [-0.2, -0.15) is 0 Å². The van der Waals surface area contributed by atoms with Crippen LogP contribution < -0.4 is 9.47 Å². The van der Waals surface area contributed by atoms with Gasteiger partial charge in [-0.05, 0) is 48.5 Å². The third kappa shape index (κ3) is 5.37. The minimum atomic E-state index is -1.53. The molecule has 1 fully saturated rings. The molecule has 5 atom stereocenters. The second-order valence-corrected chi connectivity index (χ2v) is 6.50. The van der Waals surface area contributed by atoms with Crippen LogP contribution in [0.3, 0.4) is 0 Å². The number of halogens is 2. The Bertz CT molecular complexity index is 818. The Labute approximate surface area is 170 Å². The van der Waals surface area contributed by atoms with Gasteiger partial charge >= 0.3 is 5.24 Å². The van der Waals surface area contributed by atoms with E-state index in [2.05, 4.69) is 0 Å². The van der Waals surface area contributed by atoms with Gasteiger partial charge in [-0.3, -0.25) is 0 Å². The van der Waals surface area contributed by atoms with Crippen molar-refractivity contribution in [3.63, 3.8) is 0 Å². The smallest absolute Gasteiger partial charge is 0.358 e. The summed E-state index contributed by atoms with van der Waals surface area (Å²) in [4.78, 5) is 0. The number of aliphatic hydroxyl groups is 3. The van der Waals surface area contributed by atoms with E-state index in [9.17, 15) is 24.1 Å². The maximum atomic E-state index is 13.0. The summed E-state index contributed by atoms with van der Waals surface area (Å²) in [5.74, 6) is -0.570. The zero-order valence-corrected chi connectivity index (χ0v) is 15.7. The summed E-state index contributed by atoms with van der Waals surface area (Å²) in [5, 5.41) is 29.9. The van der Waals surface area contributed by atoms with Gasteiger partial charge in [0, 0.05) is 12.2 Å². The first kappa shape index (κ1) is 21.3. The van der Waals surface area contributed by atoms with Gasteiger partial charge in [0.15, 0.2) is 12.2 Å². The zero-order chi connectivity index (χ0) is 21.0. The van der Waals surface area contributed by atoms with E-state index in [-0.39, 0.29) is 11.5 Å². The van der Waals surface area contributed by atoms with Gasteiger partial charge in [-0.1, -0.05) is 0 Å². The number of ether oxygens (including phenoxy) is 4. The fourth-order valence-electron chi connectivity index (χ4n) is 2.67. The molecule has 0 aliphatic carbocycles. The molecule has 2 aromatic carbocycles. The van der Waals surface area contributed by atoms with E-state index in [4.69, 9.17) is 31.2 Å². The lowest BCUT2D eigenvalue weighted by atomic mass is 9.99. The van der Waals surface area contributed by atoms with Crippen molar-refractivity contribution in [2.45, 2.75) is 30.7 Å². The molecule has 0 unspecified atom stereocenters. The SMILES string of the molecule is OC[C@H]1O[C@@H](Oc2ccc(F)cc2)[C@@H](O)[C@@H](OC(=S)Oc2ccc(F)cc2)[C@@H]1O. The maximum absolute atomic E-state index is 13.0. The molecule has 1 saturated heterocycles. The third-order valence-electron chi connectivity index (χ3n) is 4.13. The van der Waals surface area contributed by atoms with Crippen LogP contribution in [0, 0.1) is 11.6 Å². The number of rotatable bonds is 5. The number of hydrogen-bond acceptors (Lipinski definition) is 8. The van der Waals surface area contributed by atoms with Crippen LogP contribution in [0.5, 0.6) is 11.5 Å². The van der Waals surface area contributed by atoms with Crippen LogP contribution in [0.25, 0.3) is 0 Å². The molecule has 0 saturated carbocycles. The average molecular weight is 428 g/mol. The fraction of sp³-hybridized carbons (Fsp3) is 0.316. The summed E-state index contributed by atoms with van der Waals surface area (Å²) in [6, 6.07) is 9.91. The molecule has 0 amide bonds. The number of thiocarbonyl (C=S) groups is 1. The maximum Gasteiger partial charge on any atom is 0.358 e. The molecule has 0 bridgehead atoms. The highest BCUT2D eigenvalue weighted by atomic mass is 32.1. The van der Waals surface area contributed by atoms with Crippen molar-refractivity contribution >= 4 is 17.5 Å². The first-order chi connectivity index (χ1) is 13.9.